The summed E-state index contributed by atoms with van der Waals surface area (Å²) in [7, 11) is 1.97. The summed E-state index contributed by atoms with van der Waals surface area (Å²) < 4.78 is 11.3. The Hall–Kier alpha value is -3.22. The van der Waals surface area contributed by atoms with Gasteiger partial charge in [0.05, 0.1) is 24.9 Å². The van der Waals surface area contributed by atoms with Crippen LogP contribution in [-0.4, -0.2) is 35.2 Å². The minimum Gasteiger partial charge on any atom is -0.467 e. The molecule has 2 amide bonds. The van der Waals surface area contributed by atoms with Crippen molar-refractivity contribution in [3.63, 3.8) is 0 Å². The van der Waals surface area contributed by atoms with E-state index in [-0.39, 0.29) is 18.1 Å². The third-order valence-corrected chi connectivity index (χ3v) is 4.88. The Morgan fingerprint density at radius 1 is 1.07 bits per heavy atom. The van der Waals surface area contributed by atoms with Crippen LogP contribution in [0.4, 0.5) is 10.7 Å². The predicted octanol–water partition coefficient (Wildman–Crippen LogP) is 4.90. The summed E-state index contributed by atoms with van der Waals surface area (Å²) in [5.74, 6) is 1.37. The fourth-order valence-corrected chi connectivity index (χ4v) is 3.10. The van der Waals surface area contributed by atoms with Crippen molar-refractivity contribution in [2.24, 2.45) is 0 Å². The number of furan rings is 1. The van der Waals surface area contributed by atoms with Crippen LogP contribution >= 0.6 is 0 Å². The molecular weight excluding hydrogens is 380 g/mol. The monoisotopic (exact) mass is 410 g/mol. The summed E-state index contributed by atoms with van der Waals surface area (Å²) in [6, 6.07) is 13.6. The number of aromatic nitrogens is 1. The fraction of sp³-hybridized carbons (Fsp3) is 0.391. The number of carbonyl (C=O) groups is 1. The first-order chi connectivity index (χ1) is 14.4. The minimum atomic E-state index is -0.167. The van der Waals surface area contributed by atoms with Crippen LogP contribution in [0, 0.1) is 0 Å². The van der Waals surface area contributed by atoms with Crippen molar-refractivity contribution in [2.75, 3.05) is 11.9 Å². The molecule has 1 N–H and O–H groups in total. The lowest BCUT2D eigenvalue weighted by Gasteiger charge is -2.26. The lowest BCUT2D eigenvalue weighted by Crippen LogP contribution is -2.42. The minimum absolute atomic E-state index is 0.0190. The fourth-order valence-electron chi connectivity index (χ4n) is 3.10. The van der Waals surface area contributed by atoms with Gasteiger partial charge in [-0.25, -0.2) is 4.79 Å². The summed E-state index contributed by atoms with van der Waals surface area (Å²) in [5.41, 5.74) is 2.55. The zero-order valence-electron chi connectivity index (χ0n) is 18.3. The number of rotatable bonds is 8. The molecule has 0 aliphatic carbocycles. The summed E-state index contributed by atoms with van der Waals surface area (Å²) >= 11 is 0. The molecule has 3 aromatic rings. The summed E-state index contributed by atoms with van der Waals surface area (Å²) in [6.45, 7) is 8.72. The zero-order valence-corrected chi connectivity index (χ0v) is 18.3. The number of nitrogens with zero attached hydrogens (tertiary/aromatic N) is 3. The van der Waals surface area contributed by atoms with Gasteiger partial charge in [-0.15, -0.1) is 0 Å². The third-order valence-electron chi connectivity index (χ3n) is 4.88. The van der Waals surface area contributed by atoms with Crippen LogP contribution in [0.1, 0.15) is 39.0 Å². The molecule has 0 spiro atoms. The molecule has 0 bridgehead atoms. The van der Waals surface area contributed by atoms with E-state index in [0.29, 0.717) is 24.7 Å². The molecule has 30 heavy (non-hydrogen) atoms. The molecule has 0 aliphatic rings. The second-order valence-electron chi connectivity index (χ2n) is 7.93. The highest BCUT2D eigenvalue weighted by Crippen LogP contribution is 2.33. The molecule has 0 saturated carbocycles. The maximum absolute atomic E-state index is 13.0. The average Bonchev–Trinajstić information content (AvgIpc) is 3.37. The van der Waals surface area contributed by atoms with Crippen molar-refractivity contribution >= 4 is 11.9 Å². The molecule has 3 rings (SSSR count). The van der Waals surface area contributed by atoms with Gasteiger partial charge >= 0.3 is 6.03 Å². The molecule has 0 unspecified atom stereocenters. The van der Waals surface area contributed by atoms with E-state index in [1.165, 1.54) is 0 Å². The maximum atomic E-state index is 13.0. The normalized spacial score (nSPS) is 11.2. The molecule has 2 aromatic heterocycles. The van der Waals surface area contributed by atoms with Gasteiger partial charge in [0.1, 0.15) is 11.5 Å². The molecule has 0 aliphatic heterocycles. The second kappa shape index (κ2) is 9.52. The van der Waals surface area contributed by atoms with Crippen molar-refractivity contribution in [1.82, 2.24) is 15.4 Å². The Balaban J connectivity index is 2.01. The molecule has 0 radical (unpaired) electrons. The van der Waals surface area contributed by atoms with Crippen LogP contribution in [0.2, 0.25) is 0 Å². The van der Waals surface area contributed by atoms with Gasteiger partial charge in [0.15, 0.2) is 0 Å². The number of hydrogen-bond donors (Lipinski definition) is 1. The lowest BCUT2D eigenvalue weighted by molar-refractivity contribution is 0.185. The number of hydrogen-bond acceptors (Lipinski definition) is 5. The molecule has 7 nitrogen and oxygen atoms in total. The summed E-state index contributed by atoms with van der Waals surface area (Å²) in [6.07, 6.45) is 1.61. The molecule has 0 atom stereocenters. The lowest BCUT2D eigenvalue weighted by atomic mass is 10.1. The Morgan fingerprint density at radius 2 is 1.80 bits per heavy atom. The zero-order chi connectivity index (χ0) is 21.7. The van der Waals surface area contributed by atoms with Gasteiger partial charge in [-0.1, -0.05) is 35.5 Å². The largest absolute Gasteiger partial charge is 0.467 e. The highest BCUT2D eigenvalue weighted by molar-refractivity contribution is 5.76. The van der Waals surface area contributed by atoms with E-state index in [9.17, 15) is 4.79 Å². The van der Waals surface area contributed by atoms with E-state index in [1.54, 1.807) is 11.2 Å². The van der Waals surface area contributed by atoms with Crippen LogP contribution < -0.4 is 10.2 Å². The van der Waals surface area contributed by atoms with E-state index in [4.69, 9.17) is 8.94 Å². The number of nitrogens with one attached hydrogen (secondary N) is 1. The van der Waals surface area contributed by atoms with Gasteiger partial charge < -0.3 is 24.1 Å². The van der Waals surface area contributed by atoms with Crippen molar-refractivity contribution in [3.8, 4) is 11.3 Å². The predicted molar refractivity (Wildman–Crippen MR) is 117 cm³/mol. The van der Waals surface area contributed by atoms with E-state index in [2.05, 4.69) is 24.3 Å². The summed E-state index contributed by atoms with van der Waals surface area (Å²) in [5, 5.41) is 7.34. The first kappa shape index (κ1) is 21.5. The molecule has 160 valence electrons. The number of anilines is 1. The van der Waals surface area contributed by atoms with Gasteiger partial charge in [0.2, 0.25) is 5.88 Å². The Kier molecular flexibility index (Phi) is 6.82. The first-order valence-electron chi connectivity index (χ1n) is 10.2. The number of benzene rings is 1. The van der Waals surface area contributed by atoms with Crippen LogP contribution in [0.5, 0.6) is 0 Å². The molecular formula is C23H30N4O3. The Bertz CT molecular complexity index is 933. The van der Waals surface area contributed by atoms with Crippen molar-refractivity contribution in [3.05, 3.63) is 60.1 Å². The summed E-state index contributed by atoms with van der Waals surface area (Å²) in [4.78, 5) is 16.7. The molecule has 7 heteroatoms. The van der Waals surface area contributed by atoms with Gasteiger partial charge in [-0.05, 0) is 39.8 Å². The molecule has 0 saturated heterocycles. The average molecular weight is 411 g/mol. The van der Waals surface area contributed by atoms with Gasteiger partial charge in [-0.3, -0.25) is 0 Å². The molecule has 2 heterocycles. The number of urea groups is 1. The highest BCUT2D eigenvalue weighted by atomic mass is 16.5. The van der Waals surface area contributed by atoms with E-state index < -0.39 is 0 Å². The van der Waals surface area contributed by atoms with E-state index >= 15 is 0 Å². The maximum Gasteiger partial charge on any atom is 0.318 e. The topological polar surface area (TPSA) is 74.8 Å². The van der Waals surface area contributed by atoms with Gasteiger partial charge in [-0.2, -0.15) is 0 Å². The smallest absolute Gasteiger partial charge is 0.318 e. The van der Waals surface area contributed by atoms with Crippen molar-refractivity contribution in [2.45, 2.75) is 52.9 Å². The third kappa shape index (κ3) is 5.03. The quantitative estimate of drug-likeness (QED) is 0.572. The van der Waals surface area contributed by atoms with E-state index in [1.807, 2.05) is 68.3 Å². The SMILES string of the molecule is CC(C)NC(=O)N(Cc1ccco1)Cc1c(-c2ccccc2)noc1N(C)C(C)C. The molecule has 1 aromatic carbocycles. The van der Waals surface area contributed by atoms with Crippen LogP contribution in [0.15, 0.2) is 57.7 Å². The van der Waals surface area contributed by atoms with Crippen molar-refractivity contribution in [1.29, 1.82) is 0 Å². The van der Waals surface area contributed by atoms with Crippen molar-refractivity contribution < 1.29 is 13.7 Å². The van der Waals surface area contributed by atoms with E-state index in [0.717, 1.165) is 16.8 Å². The highest BCUT2D eigenvalue weighted by Gasteiger charge is 2.26. The number of amides is 2. The molecule has 0 fully saturated rings. The second-order valence-corrected chi connectivity index (χ2v) is 7.93. The van der Waals surface area contributed by atoms with Crippen LogP contribution in [-0.2, 0) is 13.1 Å². The Labute approximate surface area is 177 Å². The van der Waals surface area contributed by atoms with Gasteiger partial charge in [0.25, 0.3) is 0 Å². The number of carbonyl (C=O) groups excluding carboxylic acids is 1. The Morgan fingerprint density at radius 3 is 2.40 bits per heavy atom. The van der Waals surface area contributed by atoms with Crippen LogP contribution in [0.3, 0.4) is 0 Å². The van der Waals surface area contributed by atoms with Gasteiger partial charge in [0, 0.05) is 24.7 Å². The first-order valence-corrected chi connectivity index (χ1v) is 10.2. The van der Waals surface area contributed by atoms with Crippen LogP contribution in [0.25, 0.3) is 11.3 Å². The standard InChI is InChI=1S/C23H30N4O3/c1-16(2)24-23(28)27(14-19-12-9-13-29-19)15-20-21(18-10-7-6-8-11-18)25-30-22(20)26(5)17(3)4/h6-13,16-17H,14-15H2,1-5H3,(H,24,28).